The van der Waals surface area contributed by atoms with Gasteiger partial charge in [-0.05, 0) is 24.6 Å². The van der Waals surface area contributed by atoms with Crippen LogP contribution in [0.2, 0.25) is 0 Å². The number of fused-ring (bicyclic) bond motifs is 3. The van der Waals surface area contributed by atoms with E-state index < -0.39 is 0 Å². The van der Waals surface area contributed by atoms with Crippen LogP contribution in [0.25, 0.3) is 39.2 Å². The lowest BCUT2D eigenvalue weighted by molar-refractivity contribution is -0.696. The van der Waals surface area contributed by atoms with Crippen LogP contribution in [0.5, 0.6) is 0 Å². The molecule has 0 aliphatic heterocycles. The molecule has 0 bridgehead atoms. The molecule has 3 aromatic heterocycles. The number of benzene rings is 2. The molecule has 5 rings (SSSR count). The first-order chi connectivity index (χ1) is 15.8. The van der Waals surface area contributed by atoms with E-state index in [9.17, 15) is 4.79 Å². The highest BCUT2D eigenvalue weighted by atomic mass is 79.9. The monoisotopic (exact) mass is 502 g/mol. The molecule has 3 heterocycles. The first-order valence-corrected chi connectivity index (χ1v) is 11.3. The first kappa shape index (κ1) is 22.9. The summed E-state index contributed by atoms with van der Waals surface area (Å²) < 4.78 is 4.23. The number of hydrogen-bond donors (Lipinski definition) is 1. The molecule has 2 aromatic carbocycles. The third-order valence-electron chi connectivity index (χ3n) is 5.92. The summed E-state index contributed by atoms with van der Waals surface area (Å²) >= 11 is 0. The van der Waals surface area contributed by atoms with Crippen LogP contribution in [0, 0.1) is 0 Å². The molecule has 0 saturated carbocycles. The molecule has 5 aromatic rings. The lowest BCUT2D eigenvalue weighted by Gasteiger charge is -2.06. The van der Waals surface area contributed by atoms with Crippen LogP contribution in [-0.2, 0) is 6.54 Å². The maximum atomic E-state index is 13.2. The summed E-state index contributed by atoms with van der Waals surface area (Å²) in [6.45, 7) is 3.21. The number of aromatic amines is 1. The van der Waals surface area contributed by atoms with Crippen LogP contribution < -0.4 is 27.1 Å². The second-order valence-corrected chi connectivity index (χ2v) is 8.20. The standard InChI is InChI=1S/C27H26N4O.BrH/c1-2-3-4-10-17-30-18-11-14-21(19-30)26-29-24(20-12-6-5-7-13-20)25-27(32)28-22-15-8-9-16-23(22)31(25)26;/h5-9,11-16,18-19H,2-4,10,17H2,1H3;1H. The summed E-state index contributed by atoms with van der Waals surface area (Å²) in [5.41, 5.74) is 4.80. The molecule has 0 unspecified atom stereocenters. The van der Waals surface area contributed by atoms with Crippen molar-refractivity contribution in [2.24, 2.45) is 0 Å². The van der Waals surface area contributed by atoms with Gasteiger partial charge in [-0.25, -0.2) is 9.55 Å². The van der Waals surface area contributed by atoms with E-state index in [-0.39, 0.29) is 22.5 Å². The fraction of sp³-hybridized carbons (Fsp3) is 0.222. The average Bonchev–Trinajstić information content (AvgIpc) is 3.25. The number of nitrogens with one attached hydrogen (secondary N) is 1. The lowest BCUT2D eigenvalue weighted by atomic mass is 10.1. The summed E-state index contributed by atoms with van der Waals surface area (Å²) in [6, 6.07) is 21.9. The highest BCUT2D eigenvalue weighted by molar-refractivity contribution is 5.88. The van der Waals surface area contributed by atoms with Crippen molar-refractivity contribution < 1.29 is 21.5 Å². The molecular weight excluding hydrogens is 476 g/mol. The fourth-order valence-electron chi connectivity index (χ4n) is 4.33. The van der Waals surface area contributed by atoms with E-state index in [1.54, 1.807) is 0 Å². The topological polar surface area (TPSA) is 54.0 Å². The molecule has 0 aliphatic rings. The number of pyridine rings is 1. The highest BCUT2D eigenvalue weighted by Gasteiger charge is 2.20. The molecule has 0 amide bonds. The molecule has 168 valence electrons. The van der Waals surface area contributed by atoms with E-state index in [0.29, 0.717) is 11.2 Å². The number of rotatable bonds is 7. The molecule has 1 N–H and O–H groups in total. The number of para-hydroxylation sites is 2. The summed E-state index contributed by atoms with van der Waals surface area (Å²) in [4.78, 5) is 21.2. The van der Waals surface area contributed by atoms with Gasteiger partial charge >= 0.3 is 0 Å². The SMILES string of the molecule is CCCCCC[n+]1cccc(-c2nc(-c3ccccc3)c3c(=O)[nH]c4ccccc4n23)c1.[Br-]. The van der Waals surface area contributed by atoms with Crippen molar-refractivity contribution in [3.05, 3.63) is 89.5 Å². The Morgan fingerprint density at radius 3 is 2.48 bits per heavy atom. The predicted octanol–water partition coefficient (Wildman–Crippen LogP) is 2.38. The lowest BCUT2D eigenvalue weighted by Crippen LogP contribution is -3.00. The summed E-state index contributed by atoms with van der Waals surface area (Å²) in [7, 11) is 0. The molecule has 5 nitrogen and oxygen atoms in total. The van der Waals surface area contributed by atoms with Gasteiger partial charge in [0, 0.05) is 18.1 Å². The fourth-order valence-corrected chi connectivity index (χ4v) is 4.33. The summed E-state index contributed by atoms with van der Waals surface area (Å²) in [5.74, 6) is 0.782. The van der Waals surface area contributed by atoms with Crippen molar-refractivity contribution >= 4 is 16.6 Å². The van der Waals surface area contributed by atoms with Crippen molar-refractivity contribution in [1.82, 2.24) is 14.4 Å². The molecule has 0 spiro atoms. The number of imidazole rings is 1. The van der Waals surface area contributed by atoms with Crippen LogP contribution in [-0.4, -0.2) is 14.4 Å². The van der Waals surface area contributed by atoms with Crippen LogP contribution in [0.4, 0.5) is 0 Å². The molecule has 0 radical (unpaired) electrons. The van der Waals surface area contributed by atoms with E-state index in [2.05, 4.69) is 41.0 Å². The smallest absolute Gasteiger partial charge is 0.275 e. The Balaban J connectivity index is 0.00000259. The van der Waals surface area contributed by atoms with E-state index in [4.69, 9.17) is 4.98 Å². The van der Waals surface area contributed by atoms with Gasteiger partial charge in [-0.15, -0.1) is 0 Å². The molecule has 33 heavy (non-hydrogen) atoms. The van der Waals surface area contributed by atoms with E-state index >= 15 is 0 Å². The van der Waals surface area contributed by atoms with Crippen molar-refractivity contribution in [3.63, 3.8) is 0 Å². The van der Waals surface area contributed by atoms with Gasteiger partial charge in [0.25, 0.3) is 5.56 Å². The van der Waals surface area contributed by atoms with Crippen molar-refractivity contribution in [2.75, 3.05) is 0 Å². The Hall–Kier alpha value is -3.25. The Labute approximate surface area is 203 Å². The van der Waals surface area contributed by atoms with E-state index in [1.165, 1.54) is 19.3 Å². The Morgan fingerprint density at radius 2 is 1.67 bits per heavy atom. The minimum atomic E-state index is -0.135. The van der Waals surface area contributed by atoms with Gasteiger partial charge in [0.05, 0.1) is 16.6 Å². The van der Waals surface area contributed by atoms with Crippen LogP contribution in [0.15, 0.2) is 83.9 Å². The first-order valence-electron chi connectivity index (χ1n) is 11.3. The summed E-state index contributed by atoms with van der Waals surface area (Å²) in [6.07, 6.45) is 9.13. The number of nitrogens with zero attached hydrogens (tertiary/aromatic N) is 3. The zero-order chi connectivity index (χ0) is 21.9. The quantitative estimate of drug-likeness (QED) is 0.274. The van der Waals surface area contributed by atoms with Gasteiger partial charge in [0.2, 0.25) is 0 Å². The normalized spacial score (nSPS) is 11.1. The van der Waals surface area contributed by atoms with Gasteiger partial charge in [-0.2, -0.15) is 0 Å². The molecule has 6 heteroatoms. The number of H-pyrrole nitrogens is 1. The minimum Gasteiger partial charge on any atom is -1.00 e. The maximum Gasteiger partial charge on any atom is 0.275 e. The van der Waals surface area contributed by atoms with Crippen LogP contribution in [0.1, 0.15) is 32.6 Å². The molecule has 0 saturated heterocycles. The minimum absolute atomic E-state index is 0. The van der Waals surface area contributed by atoms with Crippen molar-refractivity contribution in [2.45, 2.75) is 39.2 Å². The second-order valence-electron chi connectivity index (χ2n) is 8.20. The highest BCUT2D eigenvalue weighted by Crippen LogP contribution is 2.29. The number of aromatic nitrogens is 4. The van der Waals surface area contributed by atoms with Gasteiger partial charge in [-0.3, -0.25) is 9.20 Å². The molecular formula is C27H27BrN4O. The van der Waals surface area contributed by atoms with E-state index in [0.717, 1.165) is 41.0 Å². The van der Waals surface area contributed by atoms with Gasteiger partial charge in [0.15, 0.2) is 18.2 Å². The van der Waals surface area contributed by atoms with Crippen LogP contribution >= 0.6 is 0 Å². The van der Waals surface area contributed by atoms with Gasteiger partial charge in [-0.1, -0.05) is 62.2 Å². The largest absolute Gasteiger partial charge is 1.00 e. The number of aryl methyl sites for hydroxylation is 1. The van der Waals surface area contributed by atoms with Gasteiger partial charge in [0.1, 0.15) is 17.8 Å². The number of unbranched alkanes of at least 4 members (excludes halogenated alkanes) is 3. The molecule has 0 fully saturated rings. The molecule has 0 aliphatic carbocycles. The number of hydrogen-bond acceptors (Lipinski definition) is 2. The zero-order valence-electron chi connectivity index (χ0n) is 18.7. The second kappa shape index (κ2) is 10.1. The van der Waals surface area contributed by atoms with Crippen LogP contribution in [0.3, 0.4) is 0 Å². The van der Waals surface area contributed by atoms with Crippen molar-refractivity contribution in [1.29, 1.82) is 0 Å². The number of halogens is 1. The predicted molar refractivity (Wildman–Crippen MR) is 129 cm³/mol. The third kappa shape index (κ3) is 4.48. The summed E-state index contributed by atoms with van der Waals surface area (Å²) in [5, 5.41) is 0. The average molecular weight is 503 g/mol. The third-order valence-corrected chi connectivity index (χ3v) is 5.92. The zero-order valence-corrected chi connectivity index (χ0v) is 20.3. The molecule has 0 atom stereocenters. The van der Waals surface area contributed by atoms with Crippen molar-refractivity contribution in [3.8, 4) is 22.6 Å². The van der Waals surface area contributed by atoms with Gasteiger partial charge < -0.3 is 22.0 Å². The van der Waals surface area contributed by atoms with E-state index in [1.807, 2.05) is 59.0 Å². The Morgan fingerprint density at radius 1 is 0.909 bits per heavy atom. The Bertz CT molecular complexity index is 1440. The maximum absolute atomic E-state index is 13.2. The Kier molecular flexibility index (Phi) is 7.04.